The zero-order valence-corrected chi connectivity index (χ0v) is 16.0. The second-order valence-electron chi connectivity index (χ2n) is 6.97. The SMILES string of the molecule is Cc1ccccc1[C@H]1[C@H]2CNC[C@H]2CN1C(=O)c1cc(F)ccc1Cl.Cl. The standard InChI is InChI=1S/C20H20ClFN2O.ClH/c1-12-4-2-3-5-15(12)19-17-10-23-9-13(17)11-24(19)20(25)16-8-14(22)6-7-18(16)21;/h2-8,13,17,19,23H,9-11H2,1H3;1H/t13-,17-,19-;/m0./s1. The van der Waals surface area contributed by atoms with Gasteiger partial charge in [0.15, 0.2) is 0 Å². The van der Waals surface area contributed by atoms with Gasteiger partial charge in [-0.3, -0.25) is 4.79 Å². The van der Waals surface area contributed by atoms with E-state index in [4.69, 9.17) is 11.6 Å². The minimum atomic E-state index is -0.443. The Morgan fingerprint density at radius 3 is 2.77 bits per heavy atom. The summed E-state index contributed by atoms with van der Waals surface area (Å²) in [5.41, 5.74) is 2.58. The summed E-state index contributed by atoms with van der Waals surface area (Å²) < 4.78 is 13.7. The van der Waals surface area contributed by atoms with E-state index < -0.39 is 5.82 Å². The molecule has 0 radical (unpaired) electrons. The third kappa shape index (κ3) is 3.22. The number of halogens is 3. The number of fused-ring (bicyclic) bond motifs is 1. The van der Waals surface area contributed by atoms with E-state index >= 15 is 0 Å². The van der Waals surface area contributed by atoms with Crippen molar-refractivity contribution >= 4 is 29.9 Å². The van der Waals surface area contributed by atoms with Crippen molar-refractivity contribution in [1.29, 1.82) is 0 Å². The Labute approximate surface area is 163 Å². The van der Waals surface area contributed by atoms with Crippen molar-refractivity contribution in [3.05, 3.63) is 70.0 Å². The van der Waals surface area contributed by atoms with Crippen LogP contribution in [0.4, 0.5) is 4.39 Å². The molecule has 0 bridgehead atoms. The van der Waals surface area contributed by atoms with Crippen LogP contribution in [0.2, 0.25) is 5.02 Å². The van der Waals surface area contributed by atoms with Crippen LogP contribution < -0.4 is 5.32 Å². The maximum atomic E-state index is 13.7. The van der Waals surface area contributed by atoms with Crippen LogP contribution in [0, 0.1) is 24.6 Å². The van der Waals surface area contributed by atoms with E-state index in [2.05, 4.69) is 24.4 Å². The van der Waals surface area contributed by atoms with Crippen molar-refractivity contribution in [2.45, 2.75) is 13.0 Å². The molecule has 2 saturated heterocycles. The molecule has 0 saturated carbocycles. The van der Waals surface area contributed by atoms with Gasteiger partial charge in [-0.15, -0.1) is 12.4 Å². The molecule has 4 rings (SSSR count). The van der Waals surface area contributed by atoms with Crippen molar-refractivity contribution in [1.82, 2.24) is 10.2 Å². The smallest absolute Gasteiger partial charge is 0.256 e. The Kier molecular flexibility index (Phi) is 5.56. The Hall–Kier alpha value is -1.62. The summed E-state index contributed by atoms with van der Waals surface area (Å²) in [7, 11) is 0. The van der Waals surface area contributed by atoms with Gasteiger partial charge >= 0.3 is 0 Å². The van der Waals surface area contributed by atoms with Crippen molar-refractivity contribution in [2.75, 3.05) is 19.6 Å². The zero-order valence-electron chi connectivity index (χ0n) is 14.4. The molecule has 2 aliphatic heterocycles. The second kappa shape index (κ2) is 7.55. The molecule has 2 fully saturated rings. The normalized spacial score (nSPS) is 24.3. The monoisotopic (exact) mass is 394 g/mol. The van der Waals surface area contributed by atoms with E-state index in [0.29, 0.717) is 23.4 Å². The molecular weight excluding hydrogens is 374 g/mol. The number of carbonyl (C=O) groups is 1. The molecule has 138 valence electrons. The fourth-order valence-corrected chi connectivity index (χ4v) is 4.46. The van der Waals surface area contributed by atoms with Crippen molar-refractivity contribution < 1.29 is 9.18 Å². The van der Waals surface area contributed by atoms with E-state index in [1.165, 1.54) is 29.3 Å². The summed E-state index contributed by atoms with van der Waals surface area (Å²) in [6.07, 6.45) is 0. The molecule has 2 aromatic rings. The third-order valence-corrected chi connectivity index (χ3v) is 5.82. The number of nitrogens with zero attached hydrogens (tertiary/aromatic N) is 1. The number of likely N-dealkylation sites (tertiary alicyclic amines) is 1. The Morgan fingerprint density at radius 2 is 2.00 bits per heavy atom. The van der Waals surface area contributed by atoms with E-state index in [-0.39, 0.29) is 29.9 Å². The first-order valence-corrected chi connectivity index (χ1v) is 8.96. The number of nitrogens with one attached hydrogen (secondary N) is 1. The highest BCUT2D eigenvalue weighted by molar-refractivity contribution is 6.33. The van der Waals surface area contributed by atoms with Gasteiger partial charge in [-0.25, -0.2) is 4.39 Å². The van der Waals surface area contributed by atoms with Gasteiger partial charge in [-0.05, 0) is 42.2 Å². The van der Waals surface area contributed by atoms with E-state index in [1.807, 2.05) is 17.0 Å². The van der Waals surface area contributed by atoms with E-state index in [9.17, 15) is 9.18 Å². The van der Waals surface area contributed by atoms with Gasteiger partial charge in [0.25, 0.3) is 5.91 Å². The Bertz CT molecular complexity index is 829. The lowest BCUT2D eigenvalue weighted by Gasteiger charge is -2.30. The number of amides is 1. The first kappa shape index (κ1) is 19.2. The lowest BCUT2D eigenvalue weighted by Crippen LogP contribution is -2.35. The minimum Gasteiger partial charge on any atom is -0.331 e. The fraction of sp³-hybridized carbons (Fsp3) is 0.350. The number of benzene rings is 2. The van der Waals surface area contributed by atoms with Crippen LogP contribution in [0.5, 0.6) is 0 Å². The first-order chi connectivity index (χ1) is 12.1. The molecule has 3 atom stereocenters. The first-order valence-electron chi connectivity index (χ1n) is 8.58. The Balaban J connectivity index is 0.00000196. The van der Waals surface area contributed by atoms with Crippen LogP contribution >= 0.6 is 24.0 Å². The molecule has 2 heterocycles. The quantitative estimate of drug-likeness (QED) is 0.825. The lowest BCUT2D eigenvalue weighted by atomic mass is 9.87. The molecular formula is C20H21Cl2FN2O. The lowest BCUT2D eigenvalue weighted by molar-refractivity contribution is 0.0713. The number of carbonyl (C=O) groups excluding carboxylic acids is 1. The van der Waals surface area contributed by atoms with Gasteiger partial charge in [0, 0.05) is 25.6 Å². The summed E-state index contributed by atoms with van der Waals surface area (Å²) in [4.78, 5) is 15.1. The van der Waals surface area contributed by atoms with Gasteiger partial charge in [0.2, 0.25) is 0 Å². The number of hydrogen-bond acceptors (Lipinski definition) is 2. The maximum Gasteiger partial charge on any atom is 0.256 e. The molecule has 0 unspecified atom stereocenters. The van der Waals surface area contributed by atoms with Gasteiger partial charge in [0.1, 0.15) is 5.82 Å². The molecule has 3 nitrogen and oxygen atoms in total. The molecule has 6 heteroatoms. The average molecular weight is 395 g/mol. The predicted octanol–water partition coefficient (Wildman–Crippen LogP) is 4.24. The maximum absolute atomic E-state index is 13.7. The van der Waals surface area contributed by atoms with E-state index in [0.717, 1.165) is 13.1 Å². The summed E-state index contributed by atoms with van der Waals surface area (Å²) in [5, 5.41) is 3.74. The predicted molar refractivity (Wildman–Crippen MR) is 103 cm³/mol. The number of aryl methyl sites for hydroxylation is 1. The summed E-state index contributed by atoms with van der Waals surface area (Å²) >= 11 is 6.19. The van der Waals surface area contributed by atoms with Gasteiger partial charge < -0.3 is 10.2 Å². The highest BCUT2D eigenvalue weighted by Crippen LogP contribution is 2.44. The molecule has 0 aliphatic carbocycles. The van der Waals surface area contributed by atoms with Gasteiger partial charge in [-0.2, -0.15) is 0 Å². The topological polar surface area (TPSA) is 32.3 Å². The van der Waals surface area contributed by atoms with Crippen molar-refractivity contribution in [2.24, 2.45) is 11.8 Å². The van der Waals surface area contributed by atoms with Crippen LogP contribution in [0.1, 0.15) is 27.5 Å². The third-order valence-electron chi connectivity index (χ3n) is 5.49. The molecule has 2 aliphatic rings. The average Bonchev–Trinajstić information content (AvgIpc) is 3.18. The van der Waals surface area contributed by atoms with Gasteiger partial charge in [-0.1, -0.05) is 35.9 Å². The summed E-state index contributed by atoms with van der Waals surface area (Å²) in [5.74, 6) is 0.159. The highest BCUT2D eigenvalue weighted by atomic mass is 35.5. The second-order valence-corrected chi connectivity index (χ2v) is 7.37. The van der Waals surface area contributed by atoms with Crippen LogP contribution in [-0.4, -0.2) is 30.4 Å². The molecule has 1 N–H and O–H groups in total. The molecule has 26 heavy (non-hydrogen) atoms. The molecule has 0 aromatic heterocycles. The summed E-state index contributed by atoms with van der Waals surface area (Å²) in [6.45, 7) is 4.54. The largest absolute Gasteiger partial charge is 0.331 e. The molecule has 2 aromatic carbocycles. The van der Waals surface area contributed by atoms with Crippen LogP contribution in [-0.2, 0) is 0 Å². The highest BCUT2D eigenvalue weighted by Gasteiger charge is 2.47. The van der Waals surface area contributed by atoms with Crippen LogP contribution in [0.25, 0.3) is 0 Å². The van der Waals surface area contributed by atoms with Crippen molar-refractivity contribution in [3.63, 3.8) is 0 Å². The van der Waals surface area contributed by atoms with E-state index in [1.54, 1.807) is 0 Å². The van der Waals surface area contributed by atoms with Crippen LogP contribution in [0.15, 0.2) is 42.5 Å². The molecule has 0 spiro atoms. The number of hydrogen-bond donors (Lipinski definition) is 1. The summed E-state index contributed by atoms with van der Waals surface area (Å²) in [6, 6.07) is 12.1. The van der Waals surface area contributed by atoms with Crippen molar-refractivity contribution in [3.8, 4) is 0 Å². The fourth-order valence-electron chi connectivity index (χ4n) is 4.26. The van der Waals surface area contributed by atoms with Gasteiger partial charge in [0.05, 0.1) is 16.6 Å². The zero-order chi connectivity index (χ0) is 17.6. The van der Waals surface area contributed by atoms with Crippen LogP contribution in [0.3, 0.4) is 0 Å². The minimum absolute atomic E-state index is 0. The number of rotatable bonds is 2. The Morgan fingerprint density at radius 1 is 1.23 bits per heavy atom. The molecule has 1 amide bonds.